The van der Waals surface area contributed by atoms with Crippen LogP contribution in [-0.2, 0) is 4.79 Å². The summed E-state index contributed by atoms with van der Waals surface area (Å²) in [7, 11) is 0. The van der Waals surface area contributed by atoms with E-state index in [9.17, 15) is 9.59 Å². The lowest BCUT2D eigenvalue weighted by molar-refractivity contribution is -0.125. The second-order valence-corrected chi connectivity index (χ2v) is 5.64. The molecule has 1 aliphatic rings. The minimum atomic E-state index is -0.631. The molecule has 0 radical (unpaired) electrons. The number of carbonyl (C=O) groups is 2. The molecule has 2 atom stereocenters. The lowest BCUT2D eigenvalue weighted by Crippen LogP contribution is -2.45. The molecule has 1 heterocycles. The number of ether oxygens (including phenoxy) is 1. The van der Waals surface area contributed by atoms with Crippen LogP contribution >= 0.6 is 11.6 Å². The molecule has 2 unspecified atom stereocenters. The van der Waals surface area contributed by atoms with Gasteiger partial charge < -0.3 is 14.7 Å². The quantitative estimate of drug-likeness (QED) is 0.667. The topological polar surface area (TPSA) is 66.8 Å². The molecule has 0 bridgehead atoms. The standard InChI is InChI=1S/C15H18ClNO4/c1-9(16)14(19)11-4-5-13-12(8-11)17(6-3-7-18)15(20)10(2)21-13/h4-5,8-10,18H,3,6-7H2,1-2H3. The van der Waals surface area contributed by atoms with Gasteiger partial charge in [0, 0.05) is 18.7 Å². The predicted molar refractivity (Wildman–Crippen MR) is 80.2 cm³/mol. The highest BCUT2D eigenvalue weighted by molar-refractivity contribution is 6.33. The number of aliphatic hydroxyl groups excluding tert-OH is 1. The zero-order chi connectivity index (χ0) is 15.6. The molecule has 0 saturated heterocycles. The van der Waals surface area contributed by atoms with E-state index in [1.807, 2.05) is 0 Å². The van der Waals surface area contributed by atoms with Crippen LogP contribution in [-0.4, -0.2) is 41.4 Å². The van der Waals surface area contributed by atoms with Gasteiger partial charge >= 0.3 is 0 Å². The number of ketones is 1. The van der Waals surface area contributed by atoms with Gasteiger partial charge in [-0.3, -0.25) is 9.59 Å². The number of anilines is 1. The van der Waals surface area contributed by atoms with Crippen LogP contribution in [0.3, 0.4) is 0 Å². The molecule has 2 rings (SSSR count). The third kappa shape index (κ3) is 3.19. The molecule has 0 aromatic heterocycles. The Balaban J connectivity index is 2.40. The highest BCUT2D eigenvalue weighted by Gasteiger charge is 2.31. The SMILES string of the molecule is CC(Cl)C(=O)c1ccc2c(c1)N(CCCO)C(=O)C(C)O2. The highest BCUT2D eigenvalue weighted by atomic mass is 35.5. The van der Waals surface area contributed by atoms with Crippen molar-refractivity contribution in [3.8, 4) is 5.75 Å². The summed E-state index contributed by atoms with van der Waals surface area (Å²) in [5.41, 5.74) is 0.992. The van der Waals surface area contributed by atoms with E-state index < -0.39 is 11.5 Å². The number of benzene rings is 1. The van der Waals surface area contributed by atoms with Crippen molar-refractivity contribution < 1.29 is 19.4 Å². The maximum Gasteiger partial charge on any atom is 0.267 e. The van der Waals surface area contributed by atoms with Crippen molar-refractivity contribution in [3.63, 3.8) is 0 Å². The first-order valence-electron chi connectivity index (χ1n) is 6.87. The van der Waals surface area contributed by atoms with E-state index in [1.165, 1.54) is 0 Å². The van der Waals surface area contributed by atoms with Gasteiger partial charge in [-0.2, -0.15) is 0 Å². The Morgan fingerprint density at radius 1 is 1.52 bits per heavy atom. The minimum absolute atomic E-state index is 0.00825. The lowest BCUT2D eigenvalue weighted by Gasteiger charge is -2.33. The van der Waals surface area contributed by atoms with Gasteiger partial charge in [0.15, 0.2) is 11.9 Å². The molecule has 1 aliphatic heterocycles. The first-order valence-corrected chi connectivity index (χ1v) is 7.30. The normalized spacial score (nSPS) is 19.0. The second-order valence-electron chi connectivity index (χ2n) is 4.99. The maximum absolute atomic E-state index is 12.2. The Labute approximate surface area is 128 Å². The van der Waals surface area contributed by atoms with Crippen LogP contribution in [0.15, 0.2) is 18.2 Å². The summed E-state index contributed by atoms with van der Waals surface area (Å²) in [6.07, 6.45) is -0.119. The van der Waals surface area contributed by atoms with Crippen molar-refractivity contribution >= 4 is 29.0 Å². The van der Waals surface area contributed by atoms with Gasteiger partial charge in [0.2, 0.25) is 0 Å². The van der Waals surface area contributed by atoms with E-state index in [0.717, 1.165) is 0 Å². The lowest BCUT2D eigenvalue weighted by atomic mass is 10.1. The number of nitrogens with zero attached hydrogens (tertiary/aromatic N) is 1. The molecular formula is C15H18ClNO4. The molecule has 0 spiro atoms. The van der Waals surface area contributed by atoms with Crippen LogP contribution in [0.2, 0.25) is 0 Å². The number of aliphatic hydroxyl groups is 1. The van der Waals surface area contributed by atoms with Gasteiger partial charge in [0.25, 0.3) is 5.91 Å². The molecule has 0 saturated carbocycles. The monoisotopic (exact) mass is 311 g/mol. The zero-order valence-corrected chi connectivity index (χ0v) is 12.8. The first kappa shape index (κ1) is 15.8. The first-order chi connectivity index (χ1) is 9.95. The third-order valence-electron chi connectivity index (χ3n) is 3.35. The molecule has 114 valence electrons. The molecule has 1 N–H and O–H groups in total. The van der Waals surface area contributed by atoms with Crippen LogP contribution in [0.25, 0.3) is 0 Å². The minimum Gasteiger partial charge on any atom is -0.479 e. The smallest absolute Gasteiger partial charge is 0.267 e. The zero-order valence-electron chi connectivity index (χ0n) is 12.0. The molecule has 0 fully saturated rings. The Hall–Kier alpha value is -1.59. The van der Waals surface area contributed by atoms with Crippen molar-refractivity contribution in [1.82, 2.24) is 0 Å². The fourth-order valence-corrected chi connectivity index (χ4v) is 2.38. The highest BCUT2D eigenvalue weighted by Crippen LogP contribution is 2.35. The van der Waals surface area contributed by atoms with Crippen LogP contribution in [0.5, 0.6) is 5.75 Å². The summed E-state index contributed by atoms with van der Waals surface area (Å²) in [5, 5.41) is 8.34. The fraction of sp³-hybridized carbons (Fsp3) is 0.467. The Morgan fingerprint density at radius 3 is 2.86 bits per heavy atom. The Bertz CT molecular complexity index is 559. The average molecular weight is 312 g/mol. The van der Waals surface area contributed by atoms with Crippen molar-refractivity contribution in [2.45, 2.75) is 31.7 Å². The number of amides is 1. The van der Waals surface area contributed by atoms with Gasteiger partial charge in [0.1, 0.15) is 5.75 Å². The number of hydrogen-bond acceptors (Lipinski definition) is 4. The molecule has 1 aromatic rings. The number of carbonyl (C=O) groups excluding carboxylic acids is 2. The largest absolute Gasteiger partial charge is 0.479 e. The number of hydrogen-bond donors (Lipinski definition) is 1. The molecule has 1 aromatic carbocycles. The molecule has 6 heteroatoms. The Morgan fingerprint density at radius 2 is 2.24 bits per heavy atom. The summed E-state index contributed by atoms with van der Waals surface area (Å²) in [5.74, 6) is 0.172. The molecule has 21 heavy (non-hydrogen) atoms. The van der Waals surface area contributed by atoms with Gasteiger partial charge in [-0.1, -0.05) is 0 Å². The number of rotatable bonds is 5. The summed E-state index contributed by atoms with van der Waals surface area (Å²) >= 11 is 5.82. The summed E-state index contributed by atoms with van der Waals surface area (Å²) in [4.78, 5) is 25.7. The Kier molecular flexibility index (Phi) is 4.85. The summed E-state index contributed by atoms with van der Waals surface area (Å²) < 4.78 is 5.55. The molecule has 0 aliphatic carbocycles. The fourth-order valence-electron chi connectivity index (χ4n) is 2.25. The predicted octanol–water partition coefficient (Wildman–Crippen LogP) is 1.99. The van der Waals surface area contributed by atoms with Crippen molar-refractivity contribution in [3.05, 3.63) is 23.8 Å². The van der Waals surface area contributed by atoms with E-state index in [2.05, 4.69) is 0 Å². The average Bonchev–Trinajstić information content (AvgIpc) is 2.46. The summed E-state index contributed by atoms with van der Waals surface area (Å²) in [6, 6.07) is 4.95. The van der Waals surface area contributed by atoms with Gasteiger partial charge in [-0.15, -0.1) is 11.6 Å². The van der Waals surface area contributed by atoms with Crippen molar-refractivity contribution in [2.24, 2.45) is 0 Å². The third-order valence-corrected chi connectivity index (χ3v) is 3.55. The maximum atomic E-state index is 12.2. The number of alkyl halides is 1. The van der Waals surface area contributed by atoms with E-state index in [-0.39, 0.29) is 18.3 Å². The van der Waals surface area contributed by atoms with E-state index >= 15 is 0 Å². The molecular weight excluding hydrogens is 294 g/mol. The number of fused-ring (bicyclic) bond motifs is 1. The van der Waals surface area contributed by atoms with Gasteiger partial charge in [-0.05, 0) is 38.5 Å². The van der Waals surface area contributed by atoms with Gasteiger partial charge in [-0.25, -0.2) is 0 Å². The molecule has 1 amide bonds. The second kappa shape index (κ2) is 6.45. The summed E-state index contributed by atoms with van der Waals surface area (Å²) in [6.45, 7) is 3.66. The van der Waals surface area contributed by atoms with Gasteiger partial charge in [0.05, 0.1) is 11.1 Å². The van der Waals surface area contributed by atoms with Crippen LogP contribution in [0.1, 0.15) is 30.6 Å². The number of Topliss-reactive ketones (excluding diaryl/α,β-unsaturated/α-hetero) is 1. The van der Waals surface area contributed by atoms with Crippen molar-refractivity contribution in [1.29, 1.82) is 0 Å². The van der Waals surface area contributed by atoms with Crippen LogP contribution < -0.4 is 9.64 Å². The molecule has 5 nitrogen and oxygen atoms in total. The van der Waals surface area contributed by atoms with Crippen LogP contribution in [0.4, 0.5) is 5.69 Å². The van der Waals surface area contributed by atoms with E-state index in [0.29, 0.717) is 30.0 Å². The number of halogens is 1. The van der Waals surface area contributed by atoms with Crippen molar-refractivity contribution in [2.75, 3.05) is 18.1 Å². The van der Waals surface area contributed by atoms with E-state index in [4.69, 9.17) is 21.4 Å². The van der Waals surface area contributed by atoms with E-state index in [1.54, 1.807) is 36.9 Å². The van der Waals surface area contributed by atoms with Crippen LogP contribution in [0, 0.1) is 0 Å².